The van der Waals surface area contributed by atoms with Gasteiger partial charge in [-0.05, 0) is 50.9 Å². The topological polar surface area (TPSA) is 57.7 Å². The molecule has 0 aliphatic carbocycles. The number of hydrogen-bond donors (Lipinski definition) is 0. The highest BCUT2D eigenvalue weighted by Gasteiger charge is 2.24. The first kappa shape index (κ1) is 15.7. The van der Waals surface area contributed by atoms with E-state index >= 15 is 0 Å². The molecule has 3 rings (SSSR count). The van der Waals surface area contributed by atoms with Gasteiger partial charge in [0.05, 0.1) is 18.2 Å². The fourth-order valence-electron chi connectivity index (χ4n) is 3.38. The van der Waals surface area contributed by atoms with Gasteiger partial charge in [-0.25, -0.2) is 9.67 Å². The first-order chi connectivity index (χ1) is 11.2. The summed E-state index contributed by atoms with van der Waals surface area (Å²) in [6.45, 7) is 6.85. The third-order valence-electron chi connectivity index (χ3n) is 4.54. The van der Waals surface area contributed by atoms with Crippen LogP contribution in [0.2, 0.25) is 0 Å². The van der Waals surface area contributed by atoms with Crippen molar-refractivity contribution in [3.8, 4) is 6.07 Å². The standard InChI is InChI=1S/C18H23N5/c1-14-20-15(2)23(21-14)13-18-8-3-4-9-22(18)12-17-7-5-6-16(10-17)11-19/h5-7,10,18H,3-4,8-9,12-13H2,1-2H3/t18-/m1/s1. The Hall–Kier alpha value is -2.19. The molecule has 2 heterocycles. The van der Waals surface area contributed by atoms with Crippen molar-refractivity contribution in [3.05, 3.63) is 47.0 Å². The lowest BCUT2D eigenvalue weighted by Crippen LogP contribution is -2.41. The van der Waals surface area contributed by atoms with E-state index < -0.39 is 0 Å². The number of rotatable bonds is 4. The highest BCUT2D eigenvalue weighted by Crippen LogP contribution is 2.21. The Balaban J connectivity index is 1.73. The van der Waals surface area contributed by atoms with E-state index in [1.54, 1.807) is 0 Å². The van der Waals surface area contributed by atoms with Crippen molar-refractivity contribution in [1.29, 1.82) is 5.26 Å². The molecule has 1 fully saturated rings. The Morgan fingerprint density at radius 3 is 2.91 bits per heavy atom. The minimum atomic E-state index is 0.481. The molecule has 0 amide bonds. The van der Waals surface area contributed by atoms with E-state index in [1.165, 1.54) is 24.8 Å². The molecular formula is C18H23N5. The average Bonchev–Trinajstić information content (AvgIpc) is 2.87. The van der Waals surface area contributed by atoms with Crippen LogP contribution >= 0.6 is 0 Å². The molecule has 23 heavy (non-hydrogen) atoms. The molecule has 1 aromatic heterocycles. The first-order valence-corrected chi connectivity index (χ1v) is 8.27. The summed E-state index contributed by atoms with van der Waals surface area (Å²) < 4.78 is 2.03. The summed E-state index contributed by atoms with van der Waals surface area (Å²) in [7, 11) is 0. The van der Waals surface area contributed by atoms with E-state index in [1.807, 2.05) is 36.7 Å². The van der Waals surface area contributed by atoms with E-state index in [4.69, 9.17) is 5.26 Å². The van der Waals surface area contributed by atoms with Crippen molar-refractivity contribution >= 4 is 0 Å². The SMILES string of the molecule is Cc1nc(C)n(C[C@H]2CCCCN2Cc2cccc(C#N)c2)n1. The Bertz CT molecular complexity index is 712. The number of piperidine rings is 1. The molecule has 0 bridgehead atoms. The number of benzene rings is 1. The van der Waals surface area contributed by atoms with E-state index in [0.29, 0.717) is 6.04 Å². The maximum atomic E-state index is 9.07. The molecule has 1 atom stereocenters. The maximum Gasteiger partial charge on any atom is 0.147 e. The first-order valence-electron chi connectivity index (χ1n) is 8.27. The summed E-state index contributed by atoms with van der Waals surface area (Å²) in [4.78, 5) is 6.93. The van der Waals surface area contributed by atoms with Crippen LogP contribution in [0, 0.1) is 25.2 Å². The van der Waals surface area contributed by atoms with E-state index in [9.17, 15) is 0 Å². The van der Waals surface area contributed by atoms with Crippen molar-refractivity contribution in [3.63, 3.8) is 0 Å². The number of aromatic nitrogens is 3. The Morgan fingerprint density at radius 1 is 1.30 bits per heavy atom. The summed E-state index contributed by atoms with van der Waals surface area (Å²) in [6, 6.07) is 10.6. The molecule has 1 aromatic carbocycles. The zero-order chi connectivity index (χ0) is 16.2. The summed E-state index contributed by atoms with van der Waals surface area (Å²) in [5.74, 6) is 1.83. The van der Waals surface area contributed by atoms with Crippen molar-refractivity contribution in [1.82, 2.24) is 19.7 Å². The molecule has 5 nitrogen and oxygen atoms in total. The van der Waals surface area contributed by atoms with Gasteiger partial charge in [0.2, 0.25) is 0 Å². The van der Waals surface area contributed by atoms with Crippen LogP contribution in [0.25, 0.3) is 0 Å². The van der Waals surface area contributed by atoms with Crippen molar-refractivity contribution in [2.24, 2.45) is 0 Å². The molecule has 0 spiro atoms. The third-order valence-corrected chi connectivity index (χ3v) is 4.54. The third kappa shape index (κ3) is 3.77. The summed E-state index contributed by atoms with van der Waals surface area (Å²) in [6.07, 6.45) is 3.70. The van der Waals surface area contributed by atoms with Gasteiger partial charge in [0, 0.05) is 12.6 Å². The lowest BCUT2D eigenvalue weighted by Gasteiger charge is -2.35. The molecule has 1 aliphatic rings. The van der Waals surface area contributed by atoms with Crippen LogP contribution in [0.1, 0.15) is 42.0 Å². The molecule has 5 heteroatoms. The van der Waals surface area contributed by atoms with Crippen molar-refractivity contribution in [2.75, 3.05) is 6.54 Å². The van der Waals surface area contributed by atoms with Gasteiger partial charge in [0.25, 0.3) is 0 Å². The van der Waals surface area contributed by atoms with Crippen LogP contribution in [0.15, 0.2) is 24.3 Å². The molecule has 0 saturated carbocycles. The number of likely N-dealkylation sites (tertiary alicyclic amines) is 1. The second-order valence-electron chi connectivity index (χ2n) is 6.32. The lowest BCUT2D eigenvalue weighted by atomic mass is 10.0. The van der Waals surface area contributed by atoms with Crippen molar-refractivity contribution < 1.29 is 0 Å². The lowest BCUT2D eigenvalue weighted by molar-refractivity contribution is 0.121. The molecule has 0 unspecified atom stereocenters. The number of aryl methyl sites for hydroxylation is 2. The smallest absolute Gasteiger partial charge is 0.147 e. The van der Waals surface area contributed by atoms with Gasteiger partial charge in [-0.1, -0.05) is 18.6 Å². The van der Waals surface area contributed by atoms with E-state index in [2.05, 4.69) is 27.1 Å². The highest BCUT2D eigenvalue weighted by molar-refractivity contribution is 5.32. The van der Waals surface area contributed by atoms with Gasteiger partial charge in [0.15, 0.2) is 0 Å². The number of nitrogens with zero attached hydrogens (tertiary/aromatic N) is 5. The monoisotopic (exact) mass is 309 g/mol. The van der Waals surface area contributed by atoms with Crippen molar-refractivity contribution in [2.45, 2.75) is 52.2 Å². The number of hydrogen-bond acceptors (Lipinski definition) is 4. The zero-order valence-corrected chi connectivity index (χ0v) is 13.9. The van der Waals surface area contributed by atoms with Gasteiger partial charge >= 0.3 is 0 Å². The summed E-state index contributed by atoms with van der Waals surface area (Å²) in [5.41, 5.74) is 1.95. The molecule has 1 aliphatic heterocycles. The number of nitriles is 1. The van der Waals surface area contributed by atoms with Crippen LogP contribution in [0.4, 0.5) is 0 Å². The van der Waals surface area contributed by atoms with Gasteiger partial charge in [-0.15, -0.1) is 0 Å². The van der Waals surface area contributed by atoms with Crippen LogP contribution in [-0.4, -0.2) is 32.3 Å². The van der Waals surface area contributed by atoms with Crippen LogP contribution < -0.4 is 0 Å². The minimum absolute atomic E-state index is 0.481. The molecule has 120 valence electrons. The molecule has 0 radical (unpaired) electrons. The Kier molecular flexibility index (Phi) is 4.73. The molecule has 1 saturated heterocycles. The van der Waals surface area contributed by atoms with Gasteiger partial charge in [0.1, 0.15) is 11.6 Å². The quantitative estimate of drug-likeness (QED) is 0.871. The fourth-order valence-corrected chi connectivity index (χ4v) is 3.38. The van der Waals surface area contributed by atoms with Gasteiger partial charge < -0.3 is 0 Å². The minimum Gasteiger partial charge on any atom is -0.294 e. The normalized spacial score (nSPS) is 18.7. The molecule has 0 N–H and O–H groups in total. The molecule has 2 aromatic rings. The summed E-state index contributed by atoms with van der Waals surface area (Å²) in [5, 5.41) is 13.6. The zero-order valence-electron chi connectivity index (χ0n) is 13.9. The second-order valence-corrected chi connectivity index (χ2v) is 6.32. The largest absolute Gasteiger partial charge is 0.294 e. The van der Waals surface area contributed by atoms with Gasteiger partial charge in [-0.3, -0.25) is 4.90 Å². The summed E-state index contributed by atoms with van der Waals surface area (Å²) >= 11 is 0. The van der Waals surface area contributed by atoms with Crippen LogP contribution in [-0.2, 0) is 13.1 Å². The van der Waals surface area contributed by atoms with Gasteiger partial charge in [-0.2, -0.15) is 10.4 Å². The Labute approximate surface area is 137 Å². The average molecular weight is 309 g/mol. The predicted octanol–water partition coefficient (Wildman–Crippen LogP) is 2.82. The van der Waals surface area contributed by atoms with Crippen LogP contribution in [0.5, 0.6) is 0 Å². The molecular weight excluding hydrogens is 286 g/mol. The predicted molar refractivity (Wildman–Crippen MR) is 88.7 cm³/mol. The fraction of sp³-hybridized carbons (Fsp3) is 0.500. The second kappa shape index (κ2) is 6.93. The van der Waals surface area contributed by atoms with E-state index in [0.717, 1.165) is 36.8 Å². The highest BCUT2D eigenvalue weighted by atomic mass is 15.4. The Morgan fingerprint density at radius 2 is 2.17 bits per heavy atom. The van der Waals surface area contributed by atoms with E-state index in [-0.39, 0.29) is 0 Å². The van der Waals surface area contributed by atoms with Crippen LogP contribution in [0.3, 0.4) is 0 Å². The maximum absolute atomic E-state index is 9.07.